The summed E-state index contributed by atoms with van der Waals surface area (Å²) >= 11 is 0. The third-order valence-electron chi connectivity index (χ3n) is 2.35. The minimum absolute atomic E-state index is 0.0249. The van der Waals surface area contributed by atoms with Gasteiger partial charge in [-0.1, -0.05) is 0 Å². The van der Waals surface area contributed by atoms with Crippen molar-refractivity contribution in [2.45, 2.75) is 18.6 Å². The predicted molar refractivity (Wildman–Crippen MR) is 67.6 cm³/mol. The summed E-state index contributed by atoms with van der Waals surface area (Å²) in [5.74, 6) is -3.88. The number of methoxy groups -OCH3 is 2. The van der Waals surface area contributed by atoms with Gasteiger partial charge in [0.1, 0.15) is 0 Å². The highest BCUT2D eigenvalue weighted by atomic mass is 35.7. The highest BCUT2D eigenvalue weighted by Crippen LogP contribution is 2.41. The lowest BCUT2D eigenvalue weighted by Gasteiger charge is -2.18. The Kier molecular flexibility index (Phi) is 4.63. The maximum absolute atomic E-state index is 13.5. The number of ether oxygens (including phenoxy) is 2. The fourth-order valence-corrected chi connectivity index (χ4v) is 2.57. The lowest BCUT2D eigenvalue weighted by molar-refractivity contribution is 0.0146. The van der Waals surface area contributed by atoms with Crippen molar-refractivity contribution < 1.29 is 26.7 Å². The zero-order valence-electron chi connectivity index (χ0n) is 10.5. The number of hydrogen-bond acceptors (Lipinski definition) is 4. The van der Waals surface area contributed by atoms with Crippen molar-refractivity contribution in [3.8, 4) is 11.5 Å². The summed E-state index contributed by atoms with van der Waals surface area (Å²) in [7, 11) is 3.76. The molecule has 19 heavy (non-hydrogen) atoms. The van der Waals surface area contributed by atoms with Crippen molar-refractivity contribution in [2.24, 2.45) is 0 Å². The van der Waals surface area contributed by atoms with E-state index in [-0.39, 0.29) is 17.1 Å². The van der Waals surface area contributed by atoms with Gasteiger partial charge in [0, 0.05) is 17.6 Å². The van der Waals surface area contributed by atoms with Gasteiger partial charge in [-0.15, -0.1) is 0 Å². The molecule has 1 aromatic rings. The fourth-order valence-electron chi connectivity index (χ4n) is 1.63. The second-order valence-electron chi connectivity index (χ2n) is 3.95. The second-order valence-corrected chi connectivity index (χ2v) is 6.73. The Morgan fingerprint density at radius 1 is 1.26 bits per heavy atom. The first-order chi connectivity index (χ1) is 8.58. The summed E-state index contributed by atoms with van der Waals surface area (Å²) in [4.78, 5) is 0. The lowest BCUT2D eigenvalue weighted by Crippen LogP contribution is -2.11. The van der Waals surface area contributed by atoms with E-state index in [0.29, 0.717) is 6.92 Å². The molecule has 1 aromatic carbocycles. The highest BCUT2D eigenvalue weighted by molar-refractivity contribution is 8.13. The van der Waals surface area contributed by atoms with Gasteiger partial charge in [0.25, 0.3) is 5.92 Å². The van der Waals surface area contributed by atoms with E-state index >= 15 is 0 Å². The van der Waals surface area contributed by atoms with Crippen molar-refractivity contribution in [1.29, 1.82) is 0 Å². The van der Waals surface area contributed by atoms with Crippen LogP contribution in [-0.4, -0.2) is 22.6 Å². The number of halogens is 3. The summed E-state index contributed by atoms with van der Waals surface area (Å²) in [6.07, 6.45) is 0. The quantitative estimate of drug-likeness (QED) is 0.784. The van der Waals surface area contributed by atoms with Gasteiger partial charge >= 0.3 is 0 Å². The molecule has 0 bridgehead atoms. The standard InChI is InChI=1S/C11H13ClF2O4S/c1-11(13,14)8-4-7(6-19(12,15)16)5-9(17-2)10(8)18-3/h4-5H,6H2,1-3H3. The van der Waals surface area contributed by atoms with Crippen LogP contribution in [0.2, 0.25) is 0 Å². The Hall–Kier alpha value is -1.08. The zero-order valence-corrected chi connectivity index (χ0v) is 12.1. The Morgan fingerprint density at radius 2 is 1.84 bits per heavy atom. The van der Waals surface area contributed by atoms with Gasteiger partial charge in [-0.2, -0.15) is 0 Å². The van der Waals surface area contributed by atoms with Crippen molar-refractivity contribution in [3.63, 3.8) is 0 Å². The molecule has 0 aliphatic heterocycles. The largest absolute Gasteiger partial charge is 0.493 e. The number of alkyl halides is 2. The monoisotopic (exact) mass is 314 g/mol. The molecule has 0 aliphatic carbocycles. The van der Waals surface area contributed by atoms with Crippen LogP contribution in [0.3, 0.4) is 0 Å². The highest BCUT2D eigenvalue weighted by Gasteiger charge is 2.31. The average Bonchev–Trinajstić information content (AvgIpc) is 2.24. The number of hydrogen-bond donors (Lipinski definition) is 0. The van der Waals surface area contributed by atoms with E-state index < -0.39 is 26.3 Å². The Labute approximate surface area is 114 Å². The Morgan fingerprint density at radius 3 is 2.21 bits per heavy atom. The van der Waals surface area contributed by atoms with Gasteiger partial charge in [-0.05, 0) is 17.7 Å². The lowest BCUT2D eigenvalue weighted by atomic mass is 10.0. The van der Waals surface area contributed by atoms with Crippen LogP contribution in [0.5, 0.6) is 11.5 Å². The molecule has 0 N–H and O–H groups in total. The molecular weight excluding hydrogens is 302 g/mol. The van der Waals surface area contributed by atoms with Crippen LogP contribution in [0.25, 0.3) is 0 Å². The molecule has 0 spiro atoms. The maximum atomic E-state index is 13.5. The molecule has 0 atom stereocenters. The van der Waals surface area contributed by atoms with E-state index in [2.05, 4.69) is 0 Å². The van der Waals surface area contributed by atoms with E-state index in [1.807, 2.05) is 0 Å². The molecule has 8 heteroatoms. The molecule has 4 nitrogen and oxygen atoms in total. The van der Waals surface area contributed by atoms with E-state index in [1.54, 1.807) is 0 Å². The maximum Gasteiger partial charge on any atom is 0.274 e. The van der Waals surface area contributed by atoms with Gasteiger partial charge in [-0.25, -0.2) is 17.2 Å². The zero-order chi connectivity index (χ0) is 14.8. The summed E-state index contributed by atoms with van der Waals surface area (Å²) in [5.41, 5.74) is -0.353. The van der Waals surface area contributed by atoms with Gasteiger partial charge < -0.3 is 9.47 Å². The third-order valence-corrected chi connectivity index (χ3v) is 3.36. The van der Waals surface area contributed by atoms with Crippen molar-refractivity contribution in [1.82, 2.24) is 0 Å². The molecule has 0 aliphatic rings. The van der Waals surface area contributed by atoms with Gasteiger partial charge in [-0.3, -0.25) is 0 Å². The molecule has 0 heterocycles. The second kappa shape index (κ2) is 5.50. The topological polar surface area (TPSA) is 52.6 Å². The van der Waals surface area contributed by atoms with Crippen molar-refractivity contribution in [3.05, 3.63) is 23.3 Å². The number of benzene rings is 1. The smallest absolute Gasteiger partial charge is 0.274 e. The SMILES string of the molecule is COc1cc(CS(=O)(=O)Cl)cc(C(C)(F)F)c1OC. The first-order valence-electron chi connectivity index (χ1n) is 5.14. The van der Waals surface area contributed by atoms with Gasteiger partial charge in [0.2, 0.25) is 9.05 Å². The van der Waals surface area contributed by atoms with Gasteiger partial charge in [0.05, 0.1) is 25.5 Å². The molecule has 0 saturated heterocycles. The van der Waals surface area contributed by atoms with E-state index in [0.717, 1.165) is 6.07 Å². The average molecular weight is 315 g/mol. The summed E-state index contributed by atoms with van der Waals surface area (Å²) in [6.45, 7) is 0.684. The molecular formula is C11H13ClF2O4S. The molecule has 0 radical (unpaired) electrons. The van der Waals surface area contributed by atoms with Crippen molar-refractivity contribution >= 4 is 19.7 Å². The Bertz CT molecular complexity index is 567. The minimum Gasteiger partial charge on any atom is -0.493 e. The first-order valence-corrected chi connectivity index (χ1v) is 7.62. The van der Waals surface area contributed by atoms with E-state index in [1.165, 1.54) is 20.3 Å². The molecule has 0 amide bonds. The molecule has 0 fully saturated rings. The van der Waals surface area contributed by atoms with Crippen LogP contribution in [0.15, 0.2) is 12.1 Å². The minimum atomic E-state index is -3.85. The van der Waals surface area contributed by atoms with Crippen LogP contribution in [0.4, 0.5) is 8.78 Å². The van der Waals surface area contributed by atoms with Crippen LogP contribution in [0, 0.1) is 0 Å². The van der Waals surface area contributed by atoms with Crippen LogP contribution >= 0.6 is 10.7 Å². The van der Waals surface area contributed by atoms with Gasteiger partial charge in [0.15, 0.2) is 11.5 Å². The van der Waals surface area contributed by atoms with Crippen molar-refractivity contribution in [2.75, 3.05) is 14.2 Å². The molecule has 108 valence electrons. The van der Waals surface area contributed by atoms with Crippen LogP contribution in [-0.2, 0) is 20.7 Å². The Balaban J connectivity index is 3.47. The fraction of sp³-hybridized carbons (Fsp3) is 0.455. The normalized spacial score (nSPS) is 12.3. The first kappa shape index (κ1) is 16.0. The summed E-state index contributed by atoms with van der Waals surface area (Å²) in [5, 5.41) is 0. The predicted octanol–water partition coefficient (Wildman–Crippen LogP) is 2.88. The number of rotatable bonds is 5. The van der Waals surface area contributed by atoms with Crippen LogP contribution < -0.4 is 9.47 Å². The molecule has 0 aromatic heterocycles. The summed E-state index contributed by atoms with van der Waals surface area (Å²) < 4.78 is 58.9. The molecule has 1 rings (SSSR count). The molecule has 0 unspecified atom stereocenters. The third kappa shape index (κ3) is 4.21. The van der Waals surface area contributed by atoms with Crippen LogP contribution in [0.1, 0.15) is 18.1 Å². The molecule has 0 saturated carbocycles. The summed E-state index contributed by atoms with van der Waals surface area (Å²) in [6, 6.07) is 2.34. The van der Waals surface area contributed by atoms with E-state index in [9.17, 15) is 17.2 Å². The van der Waals surface area contributed by atoms with E-state index in [4.69, 9.17) is 20.2 Å².